The van der Waals surface area contributed by atoms with Crippen molar-refractivity contribution in [2.24, 2.45) is 0 Å². The monoisotopic (exact) mass is 406 g/mol. The number of carbonyl (C=O) groups excluding carboxylic acids is 1. The first-order valence-electron chi connectivity index (χ1n) is 8.81. The van der Waals surface area contributed by atoms with Gasteiger partial charge in [-0.15, -0.1) is 0 Å². The molecule has 5 nitrogen and oxygen atoms in total. The van der Waals surface area contributed by atoms with Gasteiger partial charge in [0.25, 0.3) is 5.91 Å². The summed E-state index contributed by atoms with van der Waals surface area (Å²) in [6, 6.07) is 11.7. The average molecular weight is 407 g/mol. The van der Waals surface area contributed by atoms with Gasteiger partial charge in [0.15, 0.2) is 0 Å². The largest absolute Gasteiger partial charge is 0.308 e. The Bertz CT molecular complexity index is 964. The second kappa shape index (κ2) is 7.26. The summed E-state index contributed by atoms with van der Waals surface area (Å²) in [6.45, 7) is 6.00. The van der Waals surface area contributed by atoms with Gasteiger partial charge < -0.3 is 4.90 Å². The summed E-state index contributed by atoms with van der Waals surface area (Å²) in [6.07, 6.45) is 1.52. The summed E-state index contributed by atoms with van der Waals surface area (Å²) in [7, 11) is -3.61. The molecule has 1 amide bonds. The van der Waals surface area contributed by atoms with E-state index in [-0.39, 0.29) is 10.8 Å². The zero-order valence-corrected chi connectivity index (χ0v) is 17.2. The van der Waals surface area contributed by atoms with Gasteiger partial charge in [-0.25, -0.2) is 13.1 Å². The van der Waals surface area contributed by atoms with Crippen molar-refractivity contribution in [1.29, 1.82) is 0 Å². The second-order valence-electron chi connectivity index (χ2n) is 7.71. The fourth-order valence-corrected chi connectivity index (χ4v) is 4.76. The van der Waals surface area contributed by atoms with Gasteiger partial charge in [-0.05, 0) is 81.6 Å². The fraction of sp³-hybridized carbons (Fsp3) is 0.350. The Labute approximate surface area is 165 Å². The van der Waals surface area contributed by atoms with Crippen LogP contribution in [0.1, 0.15) is 43.1 Å². The molecule has 0 spiro atoms. The zero-order chi connectivity index (χ0) is 19.8. The molecule has 2 aromatic rings. The van der Waals surface area contributed by atoms with Crippen LogP contribution in [0.25, 0.3) is 0 Å². The van der Waals surface area contributed by atoms with Crippen LogP contribution in [-0.2, 0) is 16.4 Å². The molecule has 0 atom stereocenters. The minimum Gasteiger partial charge on any atom is -0.308 e. The van der Waals surface area contributed by atoms with Crippen LogP contribution >= 0.6 is 11.6 Å². The predicted octanol–water partition coefficient (Wildman–Crippen LogP) is 4.01. The third kappa shape index (κ3) is 4.51. The van der Waals surface area contributed by atoms with Crippen molar-refractivity contribution in [1.82, 2.24) is 4.72 Å². The lowest BCUT2D eigenvalue weighted by Crippen LogP contribution is -2.40. The van der Waals surface area contributed by atoms with E-state index in [2.05, 4.69) is 4.72 Å². The number of carbonyl (C=O) groups is 1. The summed E-state index contributed by atoms with van der Waals surface area (Å²) in [5.41, 5.74) is 1.61. The van der Waals surface area contributed by atoms with E-state index in [1.165, 1.54) is 0 Å². The molecule has 0 saturated heterocycles. The summed E-state index contributed by atoms with van der Waals surface area (Å²) in [4.78, 5) is 14.8. The van der Waals surface area contributed by atoms with E-state index < -0.39 is 15.6 Å². The first kappa shape index (κ1) is 19.9. The molecule has 3 rings (SSSR count). The van der Waals surface area contributed by atoms with E-state index in [4.69, 9.17) is 11.6 Å². The normalized spacial score (nSPS) is 14.7. The van der Waals surface area contributed by atoms with Gasteiger partial charge in [0.05, 0.1) is 4.90 Å². The van der Waals surface area contributed by atoms with Gasteiger partial charge in [-0.3, -0.25) is 4.79 Å². The van der Waals surface area contributed by atoms with Crippen molar-refractivity contribution >= 4 is 33.2 Å². The smallest absolute Gasteiger partial charge is 0.258 e. The maximum Gasteiger partial charge on any atom is 0.258 e. The molecule has 0 aromatic heterocycles. The Morgan fingerprint density at radius 3 is 2.41 bits per heavy atom. The Hall–Kier alpha value is -1.89. The number of nitrogens with one attached hydrogen (secondary N) is 1. The maximum atomic E-state index is 12.9. The van der Waals surface area contributed by atoms with Gasteiger partial charge in [0.2, 0.25) is 10.0 Å². The number of nitrogens with zero attached hydrogens (tertiary/aromatic N) is 1. The standard InChI is InChI=1S/C20H23ClN2O3S/c1-20(2,3)22-27(25,26)17-10-11-18-15(13-17)5-4-12-23(18)19(24)14-6-8-16(21)9-7-14/h6-11,13,22H,4-5,12H2,1-3H3. The van der Waals surface area contributed by atoms with Crippen molar-refractivity contribution in [2.75, 3.05) is 11.4 Å². The summed E-state index contributed by atoms with van der Waals surface area (Å²) in [5.74, 6) is -0.115. The molecule has 0 unspecified atom stereocenters. The van der Waals surface area contributed by atoms with Gasteiger partial charge in [-0.2, -0.15) is 0 Å². The lowest BCUT2D eigenvalue weighted by molar-refractivity contribution is 0.0985. The second-order valence-corrected chi connectivity index (χ2v) is 9.83. The fourth-order valence-electron chi connectivity index (χ4n) is 3.16. The van der Waals surface area contributed by atoms with E-state index in [0.717, 1.165) is 24.1 Å². The predicted molar refractivity (Wildman–Crippen MR) is 108 cm³/mol. The molecule has 0 aliphatic carbocycles. The molecule has 0 saturated carbocycles. The molecule has 1 aliphatic heterocycles. The van der Waals surface area contributed by atoms with Crippen molar-refractivity contribution in [3.63, 3.8) is 0 Å². The lowest BCUT2D eigenvalue weighted by atomic mass is 10.0. The maximum absolute atomic E-state index is 12.9. The molecule has 0 bridgehead atoms. The van der Waals surface area contributed by atoms with Crippen molar-refractivity contribution < 1.29 is 13.2 Å². The molecule has 144 valence electrons. The number of rotatable bonds is 3. The topological polar surface area (TPSA) is 66.5 Å². The van der Waals surface area contributed by atoms with Crippen LogP contribution in [0, 0.1) is 0 Å². The van der Waals surface area contributed by atoms with Crippen molar-refractivity contribution in [2.45, 2.75) is 44.0 Å². The van der Waals surface area contributed by atoms with Gasteiger partial charge >= 0.3 is 0 Å². The van der Waals surface area contributed by atoms with E-state index in [0.29, 0.717) is 17.1 Å². The van der Waals surface area contributed by atoms with Crippen LogP contribution in [0.5, 0.6) is 0 Å². The highest BCUT2D eigenvalue weighted by atomic mass is 35.5. The molecule has 0 fully saturated rings. The van der Waals surface area contributed by atoms with Gasteiger partial charge in [0, 0.05) is 28.4 Å². The molecule has 0 radical (unpaired) electrons. The highest BCUT2D eigenvalue weighted by Gasteiger charge is 2.27. The minimum absolute atomic E-state index is 0.115. The Kier molecular flexibility index (Phi) is 5.34. The van der Waals surface area contributed by atoms with E-state index in [9.17, 15) is 13.2 Å². The summed E-state index contributed by atoms with van der Waals surface area (Å²) >= 11 is 5.90. The highest BCUT2D eigenvalue weighted by Crippen LogP contribution is 2.31. The number of amides is 1. The van der Waals surface area contributed by atoms with Crippen molar-refractivity contribution in [3.05, 3.63) is 58.6 Å². The van der Waals surface area contributed by atoms with Crippen LogP contribution in [0.15, 0.2) is 47.4 Å². The van der Waals surface area contributed by atoms with Crippen LogP contribution in [0.4, 0.5) is 5.69 Å². The van der Waals surface area contributed by atoms with E-state index in [1.807, 2.05) is 0 Å². The first-order valence-corrected chi connectivity index (χ1v) is 10.7. The zero-order valence-electron chi connectivity index (χ0n) is 15.6. The van der Waals surface area contributed by atoms with E-state index in [1.54, 1.807) is 68.1 Å². The van der Waals surface area contributed by atoms with Crippen LogP contribution in [0.2, 0.25) is 5.02 Å². The number of anilines is 1. The molecule has 2 aromatic carbocycles. The number of hydrogen-bond acceptors (Lipinski definition) is 3. The summed E-state index contributed by atoms with van der Waals surface area (Å²) in [5, 5.41) is 0.576. The molecule has 1 heterocycles. The van der Waals surface area contributed by atoms with Crippen molar-refractivity contribution in [3.8, 4) is 0 Å². The quantitative estimate of drug-likeness (QED) is 0.837. The highest BCUT2D eigenvalue weighted by molar-refractivity contribution is 7.89. The third-order valence-electron chi connectivity index (χ3n) is 4.26. The molecule has 27 heavy (non-hydrogen) atoms. The molecular weight excluding hydrogens is 384 g/mol. The number of hydrogen-bond donors (Lipinski definition) is 1. The average Bonchev–Trinajstić information content (AvgIpc) is 2.59. The molecule has 1 N–H and O–H groups in total. The number of halogens is 1. The Morgan fingerprint density at radius 2 is 1.78 bits per heavy atom. The SMILES string of the molecule is CC(C)(C)NS(=O)(=O)c1ccc2c(c1)CCCN2C(=O)c1ccc(Cl)cc1. The van der Waals surface area contributed by atoms with E-state index >= 15 is 0 Å². The number of aryl methyl sites for hydroxylation is 1. The van der Waals surface area contributed by atoms with Crippen LogP contribution in [0.3, 0.4) is 0 Å². The van der Waals surface area contributed by atoms with Crippen LogP contribution in [-0.4, -0.2) is 26.4 Å². The molecule has 1 aliphatic rings. The number of sulfonamides is 1. The Balaban J connectivity index is 1.93. The Morgan fingerprint density at radius 1 is 1.11 bits per heavy atom. The molecule has 7 heteroatoms. The van der Waals surface area contributed by atoms with Gasteiger partial charge in [0.1, 0.15) is 0 Å². The molecular formula is C20H23ClN2O3S. The lowest BCUT2D eigenvalue weighted by Gasteiger charge is -2.30. The van der Waals surface area contributed by atoms with Crippen LogP contribution < -0.4 is 9.62 Å². The van der Waals surface area contributed by atoms with Gasteiger partial charge in [-0.1, -0.05) is 11.6 Å². The minimum atomic E-state index is -3.61. The third-order valence-corrected chi connectivity index (χ3v) is 6.26. The first-order chi connectivity index (χ1) is 12.6. The summed E-state index contributed by atoms with van der Waals surface area (Å²) < 4.78 is 27.9. The number of benzene rings is 2. The number of fused-ring (bicyclic) bond motifs is 1.